The molecule has 6 nitrogen and oxygen atoms in total. The predicted molar refractivity (Wildman–Crippen MR) is 82.8 cm³/mol. The first-order valence-corrected chi connectivity index (χ1v) is 9.68. The summed E-state index contributed by atoms with van der Waals surface area (Å²) in [4.78, 5) is 23.6. The lowest BCUT2D eigenvalue weighted by Crippen LogP contribution is -2.48. The minimum Gasteiger partial charge on any atom is -0.273 e. The molecule has 10 heteroatoms. The molecule has 2 saturated heterocycles. The Bertz CT molecular complexity index is 756. The molecule has 0 spiro atoms. The van der Waals surface area contributed by atoms with Gasteiger partial charge in [0.05, 0.1) is 5.75 Å². The molecule has 0 atom stereocenters. The number of benzene rings is 1. The minimum absolute atomic E-state index is 0.0114. The van der Waals surface area contributed by atoms with Crippen LogP contribution in [0, 0.1) is 11.6 Å². The predicted octanol–water partition coefficient (Wildman–Crippen LogP) is 1.81. The van der Waals surface area contributed by atoms with Crippen LogP contribution in [0.2, 0.25) is 0 Å². The van der Waals surface area contributed by atoms with Crippen LogP contribution in [-0.4, -0.2) is 53.7 Å². The zero-order valence-electron chi connectivity index (χ0n) is 12.4. The number of thioether (sulfide) groups is 1. The summed E-state index contributed by atoms with van der Waals surface area (Å²) >= 11 is 0.921. The lowest BCUT2D eigenvalue weighted by atomic mass is 10.1. The lowest BCUT2D eigenvalue weighted by Gasteiger charge is -2.34. The molecule has 2 heterocycles. The minimum atomic E-state index is -4.31. The highest BCUT2D eigenvalue weighted by atomic mass is 32.2. The number of amides is 2. The summed E-state index contributed by atoms with van der Waals surface area (Å²) < 4.78 is 53.5. The van der Waals surface area contributed by atoms with Crippen molar-refractivity contribution < 1.29 is 26.8 Å². The summed E-state index contributed by atoms with van der Waals surface area (Å²) in [6, 6.07) is 2.50. The third kappa shape index (κ3) is 2.93. The summed E-state index contributed by atoms with van der Waals surface area (Å²) in [5.41, 5.74) is 0. The number of sulfonamides is 1. The van der Waals surface area contributed by atoms with E-state index >= 15 is 0 Å². The Kier molecular flexibility index (Phi) is 4.63. The van der Waals surface area contributed by atoms with E-state index in [2.05, 4.69) is 0 Å². The third-order valence-electron chi connectivity index (χ3n) is 4.09. The molecule has 24 heavy (non-hydrogen) atoms. The molecule has 1 aromatic carbocycles. The SMILES string of the molecule is O=C1CSC(=O)N1C1CCN(S(=O)(=O)c2c(F)cccc2F)CC1. The van der Waals surface area contributed by atoms with Crippen molar-refractivity contribution in [3.63, 3.8) is 0 Å². The number of carbonyl (C=O) groups is 2. The number of nitrogens with zero attached hydrogens (tertiary/aromatic N) is 2. The molecular weight excluding hydrogens is 362 g/mol. The van der Waals surface area contributed by atoms with E-state index < -0.39 is 26.6 Å². The fourth-order valence-corrected chi connectivity index (χ4v) is 5.27. The van der Waals surface area contributed by atoms with Gasteiger partial charge in [-0.3, -0.25) is 14.5 Å². The van der Waals surface area contributed by atoms with Gasteiger partial charge in [-0.15, -0.1) is 0 Å². The summed E-state index contributed by atoms with van der Waals surface area (Å²) in [6.07, 6.45) is 0.487. The Hall–Kier alpha value is -1.52. The molecule has 2 aliphatic rings. The van der Waals surface area contributed by atoms with Crippen LogP contribution >= 0.6 is 11.8 Å². The van der Waals surface area contributed by atoms with Gasteiger partial charge >= 0.3 is 0 Å². The number of hydrogen-bond donors (Lipinski definition) is 0. The van der Waals surface area contributed by atoms with Gasteiger partial charge in [-0.1, -0.05) is 17.8 Å². The fourth-order valence-electron chi connectivity index (χ4n) is 2.92. The van der Waals surface area contributed by atoms with Crippen molar-refractivity contribution in [2.75, 3.05) is 18.8 Å². The van der Waals surface area contributed by atoms with Gasteiger partial charge in [0.25, 0.3) is 5.24 Å². The standard InChI is InChI=1S/C14H14F2N2O4S2/c15-10-2-1-3-11(16)13(10)24(21,22)17-6-4-9(5-7-17)18-12(19)8-23-14(18)20/h1-3,9H,4-8H2. The van der Waals surface area contributed by atoms with Gasteiger partial charge in [0, 0.05) is 19.1 Å². The van der Waals surface area contributed by atoms with Crippen LogP contribution in [-0.2, 0) is 14.8 Å². The molecule has 0 saturated carbocycles. The number of carbonyl (C=O) groups excluding carboxylic acids is 2. The number of halogens is 2. The first kappa shape index (κ1) is 17.3. The van der Waals surface area contributed by atoms with Crippen LogP contribution in [0.5, 0.6) is 0 Å². The van der Waals surface area contributed by atoms with Gasteiger partial charge in [-0.05, 0) is 25.0 Å². The van der Waals surface area contributed by atoms with E-state index in [1.807, 2.05) is 0 Å². The maximum Gasteiger partial charge on any atom is 0.289 e. The molecule has 2 amide bonds. The third-order valence-corrected chi connectivity index (χ3v) is 6.88. The monoisotopic (exact) mass is 376 g/mol. The topological polar surface area (TPSA) is 74.8 Å². The summed E-state index contributed by atoms with van der Waals surface area (Å²) in [5, 5.41) is -0.332. The molecule has 0 N–H and O–H groups in total. The molecule has 0 aromatic heterocycles. The van der Waals surface area contributed by atoms with E-state index in [1.165, 1.54) is 0 Å². The fraction of sp³-hybridized carbons (Fsp3) is 0.429. The van der Waals surface area contributed by atoms with E-state index in [0.29, 0.717) is 0 Å². The molecular formula is C14H14F2N2O4S2. The molecule has 2 aliphatic heterocycles. The van der Waals surface area contributed by atoms with Gasteiger partial charge in [0.1, 0.15) is 11.6 Å². The normalized spacial score (nSPS) is 20.8. The quantitative estimate of drug-likeness (QED) is 0.804. The number of rotatable bonds is 3. The Morgan fingerprint density at radius 2 is 1.67 bits per heavy atom. The zero-order chi connectivity index (χ0) is 17.5. The Labute approximate surface area is 141 Å². The Morgan fingerprint density at radius 3 is 2.17 bits per heavy atom. The van der Waals surface area contributed by atoms with Crippen molar-refractivity contribution in [1.82, 2.24) is 9.21 Å². The van der Waals surface area contributed by atoms with Crippen LogP contribution in [0.25, 0.3) is 0 Å². The second kappa shape index (κ2) is 6.41. The first-order chi connectivity index (χ1) is 11.3. The number of imide groups is 1. The highest BCUT2D eigenvalue weighted by Crippen LogP contribution is 2.30. The lowest BCUT2D eigenvalue weighted by molar-refractivity contribution is -0.126. The van der Waals surface area contributed by atoms with Gasteiger partial charge in [0.15, 0.2) is 4.90 Å². The smallest absolute Gasteiger partial charge is 0.273 e. The number of hydrogen-bond acceptors (Lipinski definition) is 5. The summed E-state index contributed by atoms with van der Waals surface area (Å²) in [5.74, 6) is -2.47. The molecule has 130 valence electrons. The average molecular weight is 376 g/mol. The van der Waals surface area contributed by atoms with E-state index in [4.69, 9.17) is 0 Å². The van der Waals surface area contributed by atoms with Crippen LogP contribution in [0.1, 0.15) is 12.8 Å². The highest BCUT2D eigenvalue weighted by molar-refractivity contribution is 8.14. The zero-order valence-corrected chi connectivity index (χ0v) is 14.1. The number of piperidine rings is 1. The second-order valence-electron chi connectivity index (χ2n) is 5.50. The Morgan fingerprint density at radius 1 is 1.08 bits per heavy atom. The van der Waals surface area contributed by atoms with Gasteiger partial charge in [0.2, 0.25) is 15.9 Å². The molecule has 1 aromatic rings. The van der Waals surface area contributed by atoms with Gasteiger partial charge in [-0.2, -0.15) is 4.31 Å². The van der Waals surface area contributed by atoms with Gasteiger partial charge in [-0.25, -0.2) is 17.2 Å². The van der Waals surface area contributed by atoms with Crippen LogP contribution < -0.4 is 0 Å². The second-order valence-corrected chi connectivity index (χ2v) is 8.31. The van der Waals surface area contributed by atoms with Crippen LogP contribution in [0.15, 0.2) is 23.1 Å². The summed E-state index contributed by atoms with van der Waals surface area (Å²) in [6.45, 7) is -0.0228. The average Bonchev–Trinajstić information content (AvgIpc) is 2.86. The Balaban J connectivity index is 1.77. The van der Waals surface area contributed by atoms with Crippen molar-refractivity contribution in [2.45, 2.75) is 23.8 Å². The molecule has 0 aliphatic carbocycles. The van der Waals surface area contributed by atoms with E-state index in [1.54, 1.807) is 0 Å². The molecule has 0 bridgehead atoms. The molecule has 2 fully saturated rings. The van der Waals surface area contributed by atoms with Crippen molar-refractivity contribution >= 4 is 32.9 Å². The maximum atomic E-state index is 13.8. The van der Waals surface area contributed by atoms with E-state index in [-0.39, 0.29) is 48.9 Å². The van der Waals surface area contributed by atoms with E-state index in [9.17, 15) is 26.8 Å². The summed E-state index contributed by atoms with van der Waals surface area (Å²) in [7, 11) is -4.31. The van der Waals surface area contributed by atoms with Gasteiger partial charge < -0.3 is 0 Å². The largest absolute Gasteiger partial charge is 0.289 e. The van der Waals surface area contributed by atoms with Crippen molar-refractivity contribution in [1.29, 1.82) is 0 Å². The molecule has 0 unspecified atom stereocenters. The molecule has 0 radical (unpaired) electrons. The van der Waals surface area contributed by atoms with Crippen molar-refractivity contribution in [3.8, 4) is 0 Å². The molecule has 3 rings (SSSR count). The van der Waals surface area contributed by atoms with Crippen LogP contribution in [0.4, 0.5) is 13.6 Å². The van der Waals surface area contributed by atoms with E-state index in [0.717, 1.165) is 39.2 Å². The van der Waals surface area contributed by atoms with Crippen LogP contribution in [0.3, 0.4) is 0 Å². The highest BCUT2D eigenvalue weighted by Gasteiger charge is 2.40. The first-order valence-electron chi connectivity index (χ1n) is 7.25. The van der Waals surface area contributed by atoms with Crippen molar-refractivity contribution in [2.24, 2.45) is 0 Å². The maximum absolute atomic E-state index is 13.8. The van der Waals surface area contributed by atoms with Crippen molar-refractivity contribution in [3.05, 3.63) is 29.8 Å².